The Labute approximate surface area is 127 Å². The molecule has 0 aromatic carbocycles. The zero-order valence-corrected chi connectivity index (χ0v) is 14.1. The molecule has 0 radical (unpaired) electrons. The van der Waals surface area contributed by atoms with Crippen LogP contribution in [-0.2, 0) is 6.54 Å². The summed E-state index contributed by atoms with van der Waals surface area (Å²) < 4.78 is 0. The maximum atomic E-state index is 4.64. The number of hydrogen-bond acceptors (Lipinski definition) is 3. The number of aromatic nitrogens is 1. The molecule has 2 N–H and O–H groups in total. The van der Waals surface area contributed by atoms with E-state index in [4.69, 9.17) is 0 Å². The highest BCUT2D eigenvalue weighted by atomic mass is 32.1. The van der Waals surface area contributed by atoms with E-state index in [0.717, 1.165) is 29.8 Å². The normalized spacial score (nSPS) is 11.7. The fraction of sp³-hybridized carbons (Fsp3) is 0.733. The van der Waals surface area contributed by atoms with Crippen molar-refractivity contribution in [1.29, 1.82) is 0 Å². The summed E-state index contributed by atoms with van der Waals surface area (Å²) in [7, 11) is 0. The zero-order valence-electron chi connectivity index (χ0n) is 13.3. The van der Waals surface area contributed by atoms with Crippen molar-refractivity contribution in [1.82, 2.24) is 15.6 Å². The van der Waals surface area contributed by atoms with Crippen molar-refractivity contribution >= 4 is 17.3 Å². The summed E-state index contributed by atoms with van der Waals surface area (Å²) in [6, 6.07) is 0. The highest BCUT2D eigenvalue weighted by Gasteiger charge is 2.04. The first kappa shape index (κ1) is 17.0. The third kappa shape index (κ3) is 6.37. The molecule has 0 spiro atoms. The molecule has 1 heterocycles. The second-order valence-corrected chi connectivity index (χ2v) is 6.21. The monoisotopic (exact) mass is 296 g/mol. The molecule has 114 valence electrons. The van der Waals surface area contributed by atoms with Gasteiger partial charge in [0.05, 0.1) is 17.2 Å². The number of hydrogen-bond donors (Lipinski definition) is 2. The van der Waals surface area contributed by atoms with Crippen LogP contribution in [0.2, 0.25) is 0 Å². The van der Waals surface area contributed by atoms with E-state index in [0.29, 0.717) is 6.54 Å². The van der Waals surface area contributed by atoms with Gasteiger partial charge in [-0.1, -0.05) is 26.2 Å². The third-order valence-electron chi connectivity index (χ3n) is 3.05. The lowest BCUT2D eigenvalue weighted by molar-refractivity contribution is 0.647. The molecule has 0 bridgehead atoms. The predicted molar refractivity (Wildman–Crippen MR) is 88.5 cm³/mol. The van der Waals surface area contributed by atoms with Crippen LogP contribution in [0.3, 0.4) is 0 Å². The lowest BCUT2D eigenvalue weighted by Crippen LogP contribution is -2.37. The van der Waals surface area contributed by atoms with Crippen LogP contribution in [0.4, 0.5) is 0 Å². The maximum Gasteiger partial charge on any atom is 0.191 e. The molecule has 4 nitrogen and oxygen atoms in total. The van der Waals surface area contributed by atoms with Crippen LogP contribution in [0, 0.1) is 13.8 Å². The average molecular weight is 296 g/mol. The Bertz CT molecular complexity index is 412. The summed E-state index contributed by atoms with van der Waals surface area (Å²) in [5, 5.41) is 7.81. The molecular weight excluding hydrogens is 268 g/mol. The molecule has 0 saturated heterocycles. The van der Waals surface area contributed by atoms with E-state index in [9.17, 15) is 0 Å². The minimum absolute atomic E-state index is 0.710. The number of rotatable bonds is 8. The topological polar surface area (TPSA) is 49.3 Å². The van der Waals surface area contributed by atoms with E-state index in [-0.39, 0.29) is 0 Å². The van der Waals surface area contributed by atoms with Gasteiger partial charge in [0.1, 0.15) is 0 Å². The number of nitrogens with one attached hydrogen (secondary N) is 2. The summed E-state index contributed by atoms with van der Waals surface area (Å²) >= 11 is 1.74. The maximum absolute atomic E-state index is 4.64. The Morgan fingerprint density at radius 2 is 1.95 bits per heavy atom. The molecule has 0 aliphatic heterocycles. The van der Waals surface area contributed by atoms with Gasteiger partial charge >= 0.3 is 0 Å². The molecule has 0 aliphatic rings. The smallest absolute Gasteiger partial charge is 0.191 e. The van der Waals surface area contributed by atoms with Crippen molar-refractivity contribution in [2.24, 2.45) is 4.99 Å². The summed E-state index contributed by atoms with van der Waals surface area (Å²) in [5.74, 6) is 0.912. The Morgan fingerprint density at radius 1 is 1.15 bits per heavy atom. The zero-order chi connectivity index (χ0) is 14.8. The van der Waals surface area contributed by atoms with Gasteiger partial charge in [-0.2, -0.15) is 0 Å². The van der Waals surface area contributed by atoms with Crippen LogP contribution in [0.25, 0.3) is 0 Å². The van der Waals surface area contributed by atoms with Crippen molar-refractivity contribution in [2.75, 3.05) is 13.1 Å². The molecule has 1 aromatic heterocycles. The molecule has 0 aliphatic carbocycles. The van der Waals surface area contributed by atoms with Gasteiger partial charge in [0, 0.05) is 18.0 Å². The molecule has 1 aromatic rings. The second kappa shape index (κ2) is 9.75. The third-order valence-corrected chi connectivity index (χ3v) is 4.10. The van der Waals surface area contributed by atoms with Gasteiger partial charge < -0.3 is 10.6 Å². The lowest BCUT2D eigenvalue weighted by atomic mass is 10.2. The second-order valence-electron chi connectivity index (χ2n) is 4.92. The van der Waals surface area contributed by atoms with E-state index in [1.165, 1.54) is 30.6 Å². The molecule has 0 amide bonds. The van der Waals surface area contributed by atoms with Crippen LogP contribution in [0.5, 0.6) is 0 Å². The molecule has 20 heavy (non-hydrogen) atoms. The van der Waals surface area contributed by atoms with Crippen molar-refractivity contribution in [3.63, 3.8) is 0 Å². The van der Waals surface area contributed by atoms with E-state index in [1.54, 1.807) is 11.3 Å². The van der Waals surface area contributed by atoms with E-state index >= 15 is 0 Å². The van der Waals surface area contributed by atoms with Crippen LogP contribution in [0.15, 0.2) is 4.99 Å². The fourth-order valence-electron chi connectivity index (χ4n) is 1.97. The van der Waals surface area contributed by atoms with Gasteiger partial charge in [-0.25, -0.2) is 9.98 Å². The number of thiazole rings is 1. The number of aliphatic imine (C=N–C) groups is 1. The van der Waals surface area contributed by atoms with Crippen LogP contribution < -0.4 is 10.6 Å². The first-order chi connectivity index (χ1) is 9.67. The lowest BCUT2D eigenvalue weighted by Gasteiger charge is -2.10. The van der Waals surface area contributed by atoms with Gasteiger partial charge in [-0.3, -0.25) is 0 Å². The summed E-state index contributed by atoms with van der Waals surface area (Å²) in [4.78, 5) is 10.3. The van der Waals surface area contributed by atoms with Gasteiger partial charge in [0.15, 0.2) is 5.96 Å². The van der Waals surface area contributed by atoms with Gasteiger partial charge in [-0.05, 0) is 27.2 Å². The van der Waals surface area contributed by atoms with Crippen molar-refractivity contribution in [3.05, 3.63) is 15.6 Å². The Balaban J connectivity index is 2.43. The Morgan fingerprint density at radius 3 is 2.55 bits per heavy atom. The number of guanidine groups is 1. The standard InChI is InChI=1S/C15H28N4S/c1-5-7-8-9-10-17-15(16-6-2)18-11-14-12(3)19-13(4)20-14/h5-11H2,1-4H3,(H2,16,17,18). The minimum Gasteiger partial charge on any atom is -0.357 e. The highest BCUT2D eigenvalue weighted by Crippen LogP contribution is 2.17. The molecule has 0 unspecified atom stereocenters. The molecule has 5 heteroatoms. The first-order valence-corrected chi connectivity index (χ1v) is 8.44. The Kier molecular flexibility index (Phi) is 8.26. The molecular formula is C15H28N4S. The Hall–Kier alpha value is -1.10. The molecule has 0 atom stereocenters. The van der Waals surface area contributed by atoms with Crippen molar-refractivity contribution in [2.45, 2.75) is 59.9 Å². The van der Waals surface area contributed by atoms with Gasteiger partial charge in [0.25, 0.3) is 0 Å². The number of nitrogens with zero attached hydrogens (tertiary/aromatic N) is 2. The predicted octanol–water partition coefficient (Wildman–Crippen LogP) is 3.40. The average Bonchev–Trinajstić information content (AvgIpc) is 2.74. The quantitative estimate of drug-likeness (QED) is 0.439. The van der Waals surface area contributed by atoms with Crippen molar-refractivity contribution < 1.29 is 0 Å². The molecule has 0 fully saturated rings. The van der Waals surface area contributed by atoms with Crippen LogP contribution in [0.1, 0.15) is 55.1 Å². The van der Waals surface area contributed by atoms with Crippen LogP contribution in [-0.4, -0.2) is 24.0 Å². The van der Waals surface area contributed by atoms with E-state index in [1.807, 2.05) is 6.92 Å². The van der Waals surface area contributed by atoms with E-state index in [2.05, 4.69) is 41.4 Å². The number of unbranched alkanes of at least 4 members (excludes halogenated alkanes) is 3. The first-order valence-electron chi connectivity index (χ1n) is 7.62. The largest absolute Gasteiger partial charge is 0.357 e. The summed E-state index contributed by atoms with van der Waals surface area (Å²) in [5.41, 5.74) is 1.11. The van der Waals surface area contributed by atoms with Gasteiger partial charge in [0.2, 0.25) is 0 Å². The fourth-order valence-corrected chi connectivity index (χ4v) is 2.83. The number of aryl methyl sites for hydroxylation is 2. The summed E-state index contributed by atoms with van der Waals surface area (Å²) in [6.45, 7) is 11.0. The van der Waals surface area contributed by atoms with Crippen LogP contribution >= 0.6 is 11.3 Å². The SMILES string of the molecule is CCCCCCNC(=NCc1sc(C)nc1C)NCC. The highest BCUT2D eigenvalue weighted by molar-refractivity contribution is 7.11. The minimum atomic E-state index is 0.710. The summed E-state index contributed by atoms with van der Waals surface area (Å²) in [6.07, 6.45) is 5.08. The van der Waals surface area contributed by atoms with Gasteiger partial charge in [-0.15, -0.1) is 11.3 Å². The molecule has 0 saturated carbocycles. The van der Waals surface area contributed by atoms with Crippen molar-refractivity contribution in [3.8, 4) is 0 Å². The van der Waals surface area contributed by atoms with E-state index < -0.39 is 0 Å². The molecule has 1 rings (SSSR count).